The van der Waals surface area contributed by atoms with E-state index in [0.29, 0.717) is 22.3 Å². The van der Waals surface area contributed by atoms with Crippen LogP contribution in [0, 0.1) is 0 Å². The smallest absolute Gasteiger partial charge is 0.260 e. The summed E-state index contributed by atoms with van der Waals surface area (Å²) < 4.78 is 0.989. The molecule has 0 aliphatic heterocycles. The third-order valence-corrected chi connectivity index (χ3v) is 6.99. The highest BCUT2D eigenvalue weighted by molar-refractivity contribution is 7.99. The first-order chi connectivity index (χ1) is 14.1. The highest BCUT2D eigenvalue weighted by Gasteiger charge is 2.22. The number of hydrogen-bond donors (Lipinski definition) is 0. The van der Waals surface area contributed by atoms with Gasteiger partial charge in [0.15, 0.2) is 5.13 Å². The lowest BCUT2D eigenvalue weighted by molar-refractivity contribution is 0.0983. The highest BCUT2D eigenvalue weighted by Crippen LogP contribution is 2.33. The first-order valence-corrected chi connectivity index (χ1v) is 12.1. The third kappa shape index (κ3) is 5.89. The van der Waals surface area contributed by atoms with E-state index in [-0.39, 0.29) is 18.3 Å². The van der Waals surface area contributed by atoms with Crippen LogP contribution in [0.1, 0.15) is 31.1 Å². The fourth-order valence-electron chi connectivity index (χ4n) is 3.13. The number of benzene rings is 2. The predicted octanol–water partition coefficient (Wildman–Crippen LogP) is 6.47. The second-order valence-corrected chi connectivity index (χ2v) is 9.28. The van der Waals surface area contributed by atoms with Crippen molar-refractivity contribution < 1.29 is 4.79 Å². The Morgan fingerprint density at radius 1 is 1.10 bits per heavy atom. The van der Waals surface area contributed by atoms with Gasteiger partial charge in [-0.05, 0) is 49.2 Å². The van der Waals surface area contributed by atoms with E-state index >= 15 is 0 Å². The molecule has 4 nitrogen and oxygen atoms in total. The van der Waals surface area contributed by atoms with Crippen molar-refractivity contribution in [3.63, 3.8) is 0 Å². The van der Waals surface area contributed by atoms with Crippen LogP contribution in [-0.4, -0.2) is 47.7 Å². The van der Waals surface area contributed by atoms with Crippen LogP contribution < -0.4 is 4.90 Å². The number of halogens is 2. The van der Waals surface area contributed by atoms with Gasteiger partial charge in [0.25, 0.3) is 5.91 Å². The second kappa shape index (κ2) is 11.9. The van der Waals surface area contributed by atoms with Crippen LogP contribution in [-0.2, 0) is 0 Å². The molecule has 0 N–H and O–H groups in total. The van der Waals surface area contributed by atoms with Crippen LogP contribution in [0.15, 0.2) is 47.4 Å². The van der Waals surface area contributed by atoms with Crippen molar-refractivity contribution >= 4 is 68.4 Å². The molecule has 1 amide bonds. The summed E-state index contributed by atoms with van der Waals surface area (Å²) in [5, 5.41) is 1.31. The maximum absolute atomic E-state index is 13.5. The molecule has 0 saturated heterocycles. The average molecular weight is 485 g/mol. The van der Waals surface area contributed by atoms with Crippen molar-refractivity contribution in [2.75, 3.05) is 36.8 Å². The molecule has 0 radical (unpaired) electrons. The van der Waals surface area contributed by atoms with E-state index in [0.717, 1.165) is 40.5 Å². The Kier molecular flexibility index (Phi) is 9.91. The number of amides is 1. The standard InChI is InChI=1S/C22H26ClN3OS2.ClH/c1-4-25(5-2)13-14-26(21(27)16-9-7-10-17(15-16)28-6-3)22-24-20-18(23)11-8-12-19(20)29-22;/h7-12,15H,4-6,13-14H2,1-3H3;1H. The van der Waals surface area contributed by atoms with Crippen LogP contribution in [0.3, 0.4) is 0 Å². The molecule has 2 aromatic carbocycles. The van der Waals surface area contributed by atoms with Gasteiger partial charge in [-0.3, -0.25) is 9.69 Å². The Morgan fingerprint density at radius 3 is 2.50 bits per heavy atom. The van der Waals surface area contributed by atoms with Crippen molar-refractivity contribution in [1.29, 1.82) is 0 Å². The lowest BCUT2D eigenvalue weighted by Gasteiger charge is -2.25. The third-order valence-electron chi connectivity index (χ3n) is 4.76. The molecule has 0 fully saturated rings. The number of carbonyl (C=O) groups is 1. The quantitative estimate of drug-likeness (QED) is 0.326. The molecular formula is C22H27Cl2N3OS2. The normalized spacial score (nSPS) is 11.0. The van der Waals surface area contributed by atoms with E-state index in [1.165, 1.54) is 11.3 Å². The van der Waals surface area contributed by atoms with E-state index < -0.39 is 0 Å². The largest absolute Gasteiger partial charge is 0.302 e. The maximum Gasteiger partial charge on any atom is 0.260 e. The zero-order valence-corrected chi connectivity index (χ0v) is 20.6. The van der Waals surface area contributed by atoms with Crippen LogP contribution >= 0.6 is 47.1 Å². The average Bonchev–Trinajstić information content (AvgIpc) is 3.17. The molecule has 1 aromatic heterocycles. The monoisotopic (exact) mass is 483 g/mol. The molecule has 30 heavy (non-hydrogen) atoms. The van der Waals surface area contributed by atoms with Gasteiger partial charge in [-0.1, -0.05) is 55.8 Å². The number of para-hydroxylation sites is 1. The Hall–Kier alpha value is -1.31. The van der Waals surface area contributed by atoms with Crippen LogP contribution in [0.25, 0.3) is 10.2 Å². The van der Waals surface area contributed by atoms with Crippen molar-refractivity contribution in [3.05, 3.63) is 53.1 Å². The summed E-state index contributed by atoms with van der Waals surface area (Å²) in [7, 11) is 0. The van der Waals surface area contributed by atoms with Gasteiger partial charge in [-0.15, -0.1) is 24.2 Å². The van der Waals surface area contributed by atoms with Crippen LogP contribution in [0.2, 0.25) is 5.02 Å². The first-order valence-electron chi connectivity index (χ1n) is 9.89. The fraction of sp³-hybridized carbons (Fsp3) is 0.364. The van der Waals surface area contributed by atoms with Crippen LogP contribution in [0.5, 0.6) is 0 Å². The van der Waals surface area contributed by atoms with Crippen molar-refractivity contribution in [1.82, 2.24) is 9.88 Å². The first kappa shape index (κ1) is 25.0. The van der Waals surface area contributed by atoms with Crippen molar-refractivity contribution in [2.45, 2.75) is 25.7 Å². The predicted molar refractivity (Wildman–Crippen MR) is 134 cm³/mol. The molecule has 0 unspecified atom stereocenters. The van der Waals surface area contributed by atoms with Gasteiger partial charge in [0, 0.05) is 23.5 Å². The van der Waals surface area contributed by atoms with Crippen molar-refractivity contribution in [2.24, 2.45) is 0 Å². The summed E-state index contributed by atoms with van der Waals surface area (Å²) in [6.45, 7) is 9.67. The number of thiazole rings is 1. The van der Waals surface area contributed by atoms with E-state index in [1.807, 2.05) is 42.5 Å². The molecule has 0 spiro atoms. The topological polar surface area (TPSA) is 36.4 Å². The molecular weight excluding hydrogens is 457 g/mol. The summed E-state index contributed by atoms with van der Waals surface area (Å²) in [5.74, 6) is 0.950. The molecule has 1 heterocycles. The molecule has 0 atom stereocenters. The van der Waals surface area contributed by atoms with Gasteiger partial charge in [-0.2, -0.15) is 0 Å². The molecule has 0 bridgehead atoms. The Morgan fingerprint density at radius 2 is 1.83 bits per heavy atom. The van der Waals surface area contributed by atoms with E-state index in [2.05, 4.69) is 25.7 Å². The summed E-state index contributed by atoms with van der Waals surface area (Å²) >= 11 is 9.58. The second-order valence-electron chi connectivity index (χ2n) is 6.53. The molecule has 0 aliphatic rings. The van der Waals surface area contributed by atoms with Gasteiger partial charge in [0.05, 0.1) is 9.72 Å². The van der Waals surface area contributed by atoms with Gasteiger partial charge < -0.3 is 4.90 Å². The Labute approximate surface area is 198 Å². The van der Waals surface area contributed by atoms with Gasteiger partial charge in [-0.25, -0.2) is 4.98 Å². The summed E-state index contributed by atoms with van der Waals surface area (Å²) in [5.41, 5.74) is 1.44. The van der Waals surface area contributed by atoms with E-state index in [4.69, 9.17) is 16.6 Å². The van der Waals surface area contributed by atoms with E-state index in [1.54, 1.807) is 16.7 Å². The summed E-state index contributed by atoms with van der Waals surface area (Å²) in [6, 6.07) is 13.6. The zero-order valence-electron chi connectivity index (χ0n) is 17.4. The minimum atomic E-state index is -0.0223. The summed E-state index contributed by atoms with van der Waals surface area (Å²) in [4.78, 5) is 23.4. The molecule has 8 heteroatoms. The molecule has 3 aromatic rings. The number of likely N-dealkylation sites (N-methyl/N-ethyl adjacent to an activating group) is 1. The lowest BCUT2D eigenvalue weighted by atomic mass is 10.2. The minimum absolute atomic E-state index is 0. The van der Waals surface area contributed by atoms with Gasteiger partial charge in [0.1, 0.15) is 5.52 Å². The lowest BCUT2D eigenvalue weighted by Crippen LogP contribution is -2.38. The molecule has 0 saturated carbocycles. The zero-order chi connectivity index (χ0) is 20.8. The number of fused-ring (bicyclic) bond motifs is 1. The maximum atomic E-state index is 13.5. The molecule has 3 rings (SSSR count). The van der Waals surface area contributed by atoms with Gasteiger partial charge in [0.2, 0.25) is 0 Å². The Balaban J connectivity index is 0.00000320. The molecule has 162 valence electrons. The summed E-state index contributed by atoms with van der Waals surface area (Å²) in [6.07, 6.45) is 0. The number of rotatable bonds is 9. The Bertz CT molecular complexity index is 976. The number of aromatic nitrogens is 1. The number of nitrogens with zero attached hydrogens (tertiary/aromatic N) is 3. The highest BCUT2D eigenvalue weighted by atomic mass is 35.5. The number of carbonyl (C=O) groups excluding carboxylic acids is 1. The minimum Gasteiger partial charge on any atom is -0.302 e. The SMILES string of the molecule is CCSc1cccc(C(=O)N(CCN(CC)CC)c2nc3c(Cl)cccc3s2)c1.Cl. The molecule has 0 aliphatic carbocycles. The fourth-order valence-corrected chi connectivity index (χ4v) is 5.13. The van der Waals surface area contributed by atoms with Crippen LogP contribution in [0.4, 0.5) is 5.13 Å². The number of thioether (sulfide) groups is 1. The number of anilines is 1. The van der Waals surface area contributed by atoms with Gasteiger partial charge >= 0.3 is 0 Å². The van der Waals surface area contributed by atoms with Crippen molar-refractivity contribution in [3.8, 4) is 0 Å². The van der Waals surface area contributed by atoms with E-state index in [9.17, 15) is 4.79 Å². The number of hydrogen-bond acceptors (Lipinski definition) is 5.